The highest BCUT2D eigenvalue weighted by molar-refractivity contribution is 7.38. The molecule has 0 spiro atoms. The van der Waals surface area contributed by atoms with Crippen LogP contribution in [0.3, 0.4) is 0 Å². The summed E-state index contributed by atoms with van der Waals surface area (Å²) in [7, 11) is 0. The Balaban J connectivity index is 1.53. The number of hydrogen-bond acceptors (Lipinski definition) is 5. The molecule has 8 heteroatoms. The first-order valence-corrected chi connectivity index (χ1v) is 10.8. The van der Waals surface area contributed by atoms with Crippen LogP contribution >= 0.6 is 34.3 Å². The van der Waals surface area contributed by atoms with Gasteiger partial charge in [0.15, 0.2) is 0 Å². The third-order valence-corrected chi connectivity index (χ3v) is 6.98. The molecule has 2 aromatic rings. The zero-order valence-corrected chi connectivity index (χ0v) is 17.5. The summed E-state index contributed by atoms with van der Waals surface area (Å²) in [5, 5.41) is 6.38. The second-order valence-corrected chi connectivity index (χ2v) is 9.95. The van der Waals surface area contributed by atoms with Crippen LogP contribution in [-0.2, 0) is 4.74 Å². The minimum absolute atomic E-state index is 0.104. The van der Waals surface area contributed by atoms with Crippen molar-refractivity contribution in [3.63, 3.8) is 0 Å². The van der Waals surface area contributed by atoms with Gasteiger partial charge in [-0.2, -0.15) is 0 Å². The van der Waals surface area contributed by atoms with Gasteiger partial charge in [0, 0.05) is 24.5 Å². The summed E-state index contributed by atoms with van der Waals surface area (Å²) in [6.45, 7) is 6.81. The van der Waals surface area contributed by atoms with Gasteiger partial charge in [0.05, 0.1) is 9.04 Å². The number of nitrogens with zero attached hydrogens (tertiary/aromatic N) is 1. The maximum absolute atomic E-state index is 12.4. The average Bonchev–Trinajstić information content (AvgIpc) is 3.23. The lowest BCUT2D eigenvalue weighted by atomic mass is 10.1. The van der Waals surface area contributed by atoms with Crippen molar-refractivity contribution >= 4 is 55.7 Å². The number of hydrogen-bond donors (Lipinski definition) is 1. The van der Waals surface area contributed by atoms with Gasteiger partial charge in [0.25, 0.3) is 5.91 Å². The van der Waals surface area contributed by atoms with Crippen LogP contribution in [0.2, 0.25) is 5.02 Å². The molecule has 142 valence electrons. The van der Waals surface area contributed by atoms with E-state index in [0.29, 0.717) is 29.4 Å². The van der Waals surface area contributed by atoms with E-state index in [1.165, 1.54) is 11.3 Å². The maximum atomic E-state index is 12.4. The fourth-order valence-corrected chi connectivity index (χ4v) is 5.61. The molecule has 1 atom stereocenters. The van der Waals surface area contributed by atoms with Crippen LogP contribution in [0, 0.1) is 0 Å². The van der Waals surface area contributed by atoms with Crippen LogP contribution in [0.4, 0.5) is 4.79 Å². The summed E-state index contributed by atoms with van der Waals surface area (Å²) < 4.78 is 6.54. The molecule has 0 saturated carbocycles. The normalized spacial score (nSPS) is 17.7. The van der Waals surface area contributed by atoms with E-state index in [4.69, 9.17) is 16.3 Å². The number of carbonyl (C=O) groups is 2. The van der Waals surface area contributed by atoms with Gasteiger partial charge in [0.1, 0.15) is 10.5 Å². The van der Waals surface area contributed by atoms with Crippen LogP contribution in [0.1, 0.15) is 49.7 Å². The summed E-state index contributed by atoms with van der Waals surface area (Å²) in [5.41, 5.74) is -0.499. The first-order chi connectivity index (χ1) is 12.3. The Bertz CT molecular complexity index is 809. The first kappa shape index (κ1) is 19.5. The number of fused-ring (bicyclic) bond motifs is 1. The molecule has 1 aliphatic rings. The summed E-state index contributed by atoms with van der Waals surface area (Å²) in [6.07, 6.45) is 2.34. The molecule has 1 saturated heterocycles. The molecule has 0 bridgehead atoms. The monoisotopic (exact) mass is 414 g/mol. The van der Waals surface area contributed by atoms with Gasteiger partial charge in [-0.15, -0.1) is 22.7 Å². The molecule has 0 aliphatic carbocycles. The Morgan fingerprint density at radius 1 is 1.42 bits per heavy atom. The van der Waals surface area contributed by atoms with Crippen molar-refractivity contribution in [1.82, 2.24) is 10.2 Å². The van der Waals surface area contributed by atoms with E-state index in [1.807, 2.05) is 32.2 Å². The summed E-state index contributed by atoms with van der Waals surface area (Å²) >= 11 is 9.32. The number of halogens is 1. The molecular formula is C18H23ClN2O3S2. The smallest absolute Gasteiger partial charge is 0.410 e. The van der Waals surface area contributed by atoms with Gasteiger partial charge in [-0.05, 0) is 51.5 Å². The van der Waals surface area contributed by atoms with Crippen molar-refractivity contribution in [1.29, 1.82) is 0 Å². The zero-order valence-electron chi connectivity index (χ0n) is 15.1. The second kappa shape index (κ2) is 7.74. The van der Waals surface area contributed by atoms with E-state index >= 15 is 0 Å². The molecule has 0 radical (unpaired) electrons. The largest absolute Gasteiger partial charge is 0.444 e. The molecule has 1 fully saturated rings. The van der Waals surface area contributed by atoms with Crippen molar-refractivity contribution in [3.05, 3.63) is 21.3 Å². The Labute approximate surface area is 166 Å². The molecule has 3 heterocycles. The minimum Gasteiger partial charge on any atom is -0.444 e. The fraction of sp³-hybridized carbons (Fsp3) is 0.556. The Morgan fingerprint density at radius 3 is 2.88 bits per heavy atom. The topological polar surface area (TPSA) is 58.6 Å². The number of rotatable bonds is 4. The number of carbonyl (C=O) groups excluding carboxylic acids is 2. The van der Waals surface area contributed by atoms with Gasteiger partial charge in [0.2, 0.25) is 0 Å². The van der Waals surface area contributed by atoms with E-state index in [0.717, 1.165) is 22.2 Å². The molecular weight excluding hydrogens is 392 g/mol. The van der Waals surface area contributed by atoms with Crippen molar-refractivity contribution in [2.45, 2.75) is 51.7 Å². The average molecular weight is 415 g/mol. The minimum atomic E-state index is -0.499. The quantitative estimate of drug-likeness (QED) is 0.753. The van der Waals surface area contributed by atoms with Gasteiger partial charge in [-0.25, -0.2) is 4.79 Å². The Hall–Kier alpha value is -1.31. The lowest BCUT2D eigenvalue weighted by Crippen LogP contribution is -2.41. The third-order valence-electron chi connectivity index (χ3n) is 4.23. The second-order valence-electron chi connectivity index (χ2n) is 7.38. The lowest BCUT2D eigenvalue weighted by Gasteiger charge is -2.28. The van der Waals surface area contributed by atoms with Crippen LogP contribution in [0.5, 0.6) is 0 Å². The number of amides is 2. The van der Waals surface area contributed by atoms with E-state index in [1.54, 1.807) is 16.2 Å². The summed E-state index contributed by atoms with van der Waals surface area (Å²) in [4.78, 5) is 27.1. The highest BCUT2D eigenvalue weighted by Crippen LogP contribution is 2.38. The van der Waals surface area contributed by atoms with Gasteiger partial charge in [-0.1, -0.05) is 11.6 Å². The number of ether oxygens (including phenoxy) is 1. The fourth-order valence-electron chi connectivity index (χ4n) is 3.07. The molecule has 0 unspecified atom stereocenters. The first-order valence-electron chi connectivity index (χ1n) is 8.69. The summed E-state index contributed by atoms with van der Waals surface area (Å²) in [6, 6.07) is 2.04. The predicted octanol–water partition coefficient (Wildman–Crippen LogP) is 5.14. The zero-order chi connectivity index (χ0) is 18.9. The van der Waals surface area contributed by atoms with Gasteiger partial charge in [-0.3, -0.25) is 4.79 Å². The SMILES string of the molecule is CC(C)(C)OC(=O)N1CCC[C@H]1CCNC(=O)c1sc2sccc2c1Cl. The van der Waals surface area contributed by atoms with E-state index < -0.39 is 5.60 Å². The molecule has 2 amide bonds. The molecule has 5 nitrogen and oxygen atoms in total. The molecule has 1 aliphatic heterocycles. The lowest BCUT2D eigenvalue weighted by molar-refractivity contribution is 0.0221. The van der Waals surface area contributed by atoms with Crippen LogP contribution in [0.15, 0.2) is 11.4 Å². The number of likely N-dealkylation sites (tertiary alicyclic amines) is 1. The third kappa shape index (κ3) is 4.32. The molecule has 3 rings (SSSR count). The van der Waals surface area contributed by atoms with Crippen molar-refractivity contribution < 1.29 is 14.3 Å². The maximum Gasteiger partial charge on any atom is 0.410 e. The number of nitrogens with one attached hydrogen (secondary N) is 1. The summed E-state index contributed by atoms with van der Waals surface area (Å²) in [5.74, 6) is -0.148. The molecule has 2 aromatic heterocycles. The molecule has 1 N–H and O–H groups in total. The van der Waals surface area contributed by atoms with Crippen molar-refractivity contribution in [2.75, 3.05) is 13.1 Å². The van der Waals surface area contributed by atoms with Crippen LogP contribution in [-0.4, -0.2) is 41.6 Å². The van der Waals surface area contributed by atoms with Crippen molar-refractivity contribution in [2.24, 2.45) is 0 Å². The van der Waals surface area contributed by atoms with Crippen LogP contribution < -0.4 is 5.32 Å². The predicted molar refractivity (Wildman–Crippen MR) is 108 cm³/mol. The highest BCUT2D eigenvalue weighted by Gasteiger charge is 2.32. The highest BCUT2D eigenvalue weighted by atomic mass is 35.5. The molecule has 26 heavy (non-hydrogen) atoms. The van der Waals surface area contributed by atoms with Gasteiger partial charge < -0.3 is 15.0 Å². The molecule has 0 aromatic carbocycles. The Morgan fingerprint density at radius 2 is 2.19 bits per heavy atom. The van der Waals surface area contributed by atoms with Crippen molar-refractivity contribution in [3.8, 4) is 0 Å². The van der Waals surface area contributed by atoms with E-state index in [-0.39, 0.29) is 18.0 Å². The van der Waals surface area contributed by atoms with Gasteiger partial charge >= 0.3 is 6.09 Å². The van der Waals surface area contributed by atoms with Crippen LogP contribution in [0.25, 0.3) is 9.40 Å². The van der Waals surface area contributed by atoms with E-state index in [2.05, 4.69) is 5.32 Å². The Kier molecular flexibility index (Phi) is 5.79. The standard InChI is InChI=1S/C18H23ClN2O3S2/c1-18(2,3)24-17(23)21-9-4-5-11(21)6-8-20-15(22)14-13(19)12-7-10-25-16(12)26-14/h7,10-11H,4-6,8-9H2,1-3H3,(H,20,22)/t11-/m0/s1. The number of thiophene rings is 2. The van der Waals surface area contributed by atoms with E-state index in [9.17, 15) is 9.59 Å².